The van der Waals surface area contributed by atoms with E-state index in [1.807, 2.05) is 11.0 Å². The van der Waals surface area contributed by atoms with Gasteiger partial charge in [0.15, 0.2) is 9.84 Å². The Hall–Kier alpha value is -1.44. The first-order valence-corrected chi connectivity index (χ1v) is 9.61. The largest absolute Gasteiger partial charge is 0.480 e. The number of hydrogen-bond acceptors (Lipinski definition) is 5. The van der Waals surface area contributed by atoms with E-state index in [-0.39, 0.29) is 11.5 Å². The zero-order chi connectivity index (χ0) is 16.5. The number of carboxylic acid groups (broad SMARTS) is 1. The highest BCUT2D eigenvalue weighted by molar-refractivity contribution is 7.91. The topological polar surface area (TPSA) is 83.9 Å². The SMILES string of the molecule is O=C(O)[C@@](c1ccccc1)([C@H]1CCS(=O)(=O)C1)N1CCOCC1. The molecule has 1 aromatic rings. The molecule has 2 fully saturated rings. The van der Waals surface area contributed by atoms with Crippen molar-refractivity contribution in [1.29, 1.82) is 0 Å². The van der Waals surface area contributed by atoms with Gasteiger partial charge >= 0.3 is 5.97 Å². The summed E-state index contributed by atoms with van der Waals surface area (Å²) in [5.74, 6) is -1.45. The molecule has 1 aromatic carbocycles. The standard InChI is InChI=1S/C16H21NO5S/c18-15(19)16(13-4-2-1-3-5-13,17-7-9-22-10-8-17)14-6-11-23(20,21)12-14/h1-5,14H,6-12H2,(H,18,19)/t14-,16+/m0/s1. The molecule has 0 amide bonds. The van der Waals surface area contributed by atoms with E-state index in [1.165, 1.54) is 0 Å². The number of sulfone groups is 1. The number of benzene rings is 1. The van der Waals surface area contributed by atoms with Crippen molar-refractivity contribution in [2.75, 3.05) is 37.8 Å². The summed E-state index contributed by atoms with van der Waals surface area (Å²) in [5, 5.41) is 10.2. The van der Waals surface area contributed by atoms with Crippen molar-refractivity contribution in [2.45, 2.75) is 12.0 Å². The highest BCUT2D eigenvalue weighted by atomic mass is 32.2. The third-order valence-electron chi connectivity index (χ3n) is 4.87. The van der Waals surface area contributed by atoms with Crippen LogP contribution in [0.4, 0.5) is 0 Å². The number of morpholine rings is 1. The van der Waals surface area contributed by atoms with Crippen LogP contribution in [0.25, 0.3) is 0 Å². The molecule has 0 bridgehead atoms. The monoisotopic (exact) mass is 339 g/mol. The number of rotatable bonds is 4. The summed E-state index contributed by atoms with van der Waals surface area (Å²) in [6.45, 7) is 1.89. The Morgan fingerprint density at radius 2 is 1.87 bits per heavy atom. The van der Waals surface area contributed by atoms with Gasteiger partial charge in [-0.25, -0.2) is 13.2 Å². The molecule has 6 nitrogen and oxygen atoms in total. The molecule has 7 heteroatoms. The Balaban J connectivity index is 2.12. The average molecular weight is 339 g/mol. The number of ether oxygens (including phenoxy) is 1. The van der Waals surface area contributed by atoms with Crippen LogP contribution in [0.1, 0.15) is 12.0 Å². The van der Waals surface area contributed by atoms with E-state index in [0.717, 1.165) is 0 Å². The fourth-order valence-corrected chi connectivity index (χ4v) is 5.67. The van der Waals surface area contributed by atoms with Crippen LogP contribution in [0.5, 0.6) is 0 Å². The van der Waals surface area contributed by atoms with Gasteiger partial charge in [-0.3, -0.25) is 4.90 Å². The summed E-state index contributed by atoms with van der Waals surface area (Å²) in [6, 6.07) is 9.01. The van der Waals surface area contributed by atoms with Gasteiger partial charge in [-0.05, 0) is 12.0 Å². The Bertz CT molecular complexity index is 669. The highest BCUT2D eigenvalue weighted by Gasteiger charge is 2.55. The zero-order valence-electron chi connectivity index (χ0n) is 12.8. The first kappa shape index (κ1) is 16.4. The molecule has 1 N–H and O–H groups in total. The summed E-state index contributed by atoms with van der Waals surface area (Å²) >= 11 is 0. The Morgan fingerprint density at radius 1 is 1.22 bits per heavy atom. The van der Waals surface area contributed by atoms with Gasteiger partial charge in [0.1, 0.15) is 5.54 Å². The molecule has 0 aliphatic carbocycles. The van der Waals surface area contributed by atoms with Gasteiger partial charge in [0.05, 0.1) is 24.7 Å². The minimum atomic E-state index is -3.18. The molecular weight excluding hydrogens is 318 g/mol. The molecule has 2 aliphatic rings. The van der Waals surface area contributed by atoms with E-state index < -0.39 is 27.3 Å². The van der Waals surface area contributed by atoms with Crippen LogP contribution in [-0.4, -0.2) is 62.2 Å². The van der Waals surface area contributed by atoms with Crippen LogP contribution in [0, 0.1) is 5.92 Å². The van der Waals surface area contributed by atoms with Gasteiger partial charge < -0.3 is 9.84 Å². The van der Waals surface area contributed by atoms with E-state index in [9.17, 15) is 18.3 Å². The molecule has 2 aliphatic heterocycles. The van der Waals surface area contributed by atoms with Crippen LogP contribution >= 0.6 is 0 Å². The second-order valence-electron chi connectivity index (χ2n) is 6.14. The van der Waals surface area contributed by atoms with E-state index >= 15 is 0 Å². The van der Waals surface area contributed by atoms with Gasteiger partial charge in [0.25, 0.3) is 0 Å². The summed E-state index contributed by atoms with van der Waals surface area (Å²) < 4.78 is 29.3. The smallest absolute Gasteiger partial charge is 0.329 e. The van der Waals surface area contributed by atoms with Gasteiger partial charge in [-0.1, -0.05) is 30.3 Å². The maximum absolute atomic E-state index is 12.4. The molecule has 2 saturated heterocycles. The lowest BCUT2D eigenvalue weighted by molar-refractivity contribution is -0.161. The molecule has 126 valence electrons. The third kappa shape index (κ3) is 2.88. The van der Waals surface area contributed by atoms with Crippen LogP contribution in [0.15, 0.2) is 30.3 Å². The van der Waals surface area contributed by atoms with Gasteiger partial charge in [-0.15, -0.1) is 0 Å². The van der Waals surface area contributed by atoms with Crippen molar-refractivity contribution < 1.29 is 23.1 Å². The predicted molar refractivity (Wildman–Crippen MR) is 84.9 cm³/mol. The number of carboxylic acids is 1. The van der Waals surface area contributed by atoms with Gasteiger partial charge in [0.2, 0.25) is 0 Å². The van der Waals surface area contributed by atoms with Gasteiger partial charge in [0, 0.05) is 19.0 Å². The lowest BCUT2D eigenvalue weighted by atomic mass is 9.75. The molecule has 0 radical (unpaired) electrons. The van der Waals surface area contributed by atoms with Crippen molar-refractivity contribution in [3.63, 3.8) is 0 Å². The lowest BCUT2D eigenvalue weighted by Gasteiger charge is -2.46. The first-order chi connectivity index (χ1) is 11.0. The second kappa shape index (κ2) is 6.22. The summed E-state index contributed by atoms with van der Waals surface area (Å²) in [4.78, 5) is 14.3. The van der Waals surface area contributed by atoms with Crippen molar-refractivity contribution in [2.24, 2.45) is 5.92 Å². The molecule has 3 rings (SSSR count). The number of aliphatic carboxylic acids is 1. The molecule has 2 atom stereocenters. The Labute approximate surface area is 136 Å². The van der Waals surface area contributed by atoms with Crippen molar-refractivity contribution >= 4 is 15.8 Å². The van der Waals surface area contributed by atoms with E-state index in [0.29, 0.717) is 38.3 Å². The molecule has 0 unspecified atom stereocenters. The minimum absolute atomic E-state index is 0.0594. The first-order valence-electron chi connectivity index (χ1n) is 7.79. The van der Waals surface area contributed by atoms with Crippen molar-refractivity contribution in [1.82, 2.24) is 4.90 Å². The molecule has 23 heavy (non-hydrogen) atoms. The molecule has 0 aromatic heterocycles. The quantitative estimate of drug-likeness (QED) is 0.871. The van der Waals surface area contributed by atoms with Gasteiger partial charge in [-0.2, -0.15) is 0 Å². The summed E-state index contributed by atoms with van der Waals surface area (Å²) in [5.41, 5.74) is -0.661. The highest BCUT2D eigenvalue weighted by Crippen LogP contribution is 2.42. The lowest BCUT2D eigenvalue weighted by Crippen LogP contribution is -2.60. The normalized spacial score (nSPS) is 27.4. The zero-order valence-corrected chi connectivity index (χ0v) is 13.7. The molecule has 0 saturated carbocycles. The molecular formula is C16H21NO5S. The molecule has 2 heterocycles. The fraction of sp³-hybridized carbons (Fsp3) is 0.562. The van der Waals surface area contributed by atoms with E-state index in [4.69, 9.17) is 4.74 Å². The summed E-state index contributed by atoms with van der Waals surface area (Å²) in [7, 11) is -3.18. The maximum atomic E-state index is 12.4. The maximum Gasteiger partial charge on any atom is 0.329 e. The second-order valence-corrected chi connectivity index (χ2v) is 8.37. The van der Waals surface area contributed by atoms with Crippen LogP contribution < -0.4 is 0 Å². The number of carbonyl (C=O) groups is 1. The van der Waals surface area contributed by atoms with Crippen LogP contribution in [0.2, 0.25) is 0 Å². The van der Waals surface area contributed by atoms with Crippen LogP contribution in [-0.2, 0) is 24.9 Å². The average Bonchev–Trinajstić information content (AvgIpc) is 2.90. The van der Waals surface area contributed by atoms with Crippen LogP contribution in [0.3, 0.4) is 0 Å². The predicted octanol–water partition coefficient (Wildman–Crippen LogP) is 0.733. The Kier molecular flexibility index (Phi) is 4.44. The Morgan fingerprint density at radius 3 is 2.39 bits per heavy atom. The minimum Gasteiger partial charge on any atom is -0.480 e. The third-order valence-corrected chi connectivity index (χ3v) is 6.64. The molecule has 0 spiro atoms. The fourth-order valence-electron chi connectivity index (χ4n) is 3.84. The van der Waals surface area contributed by atoms with E-state index in [2.05, 4.69) is 0 Å². The van der Waals surface area contributed by atoms with Crippen molar-refractivity contribution in [3.8, 4) is 0 Å². The number of nitrogens with zero attached hydrogens (tertiary/aromatic N) is 1. The summed E-state index contributed by atoms with van der Waals surface area (Å²) in [6.07, 6.45) is 0.376. The number of hydrogen-bond donors (Lipinski definition) is 1. The van der Waals surface area contributed by atoms with Crippen molar-refractivity contribution in [3.05, 3.63) is 35.9 Å². The van der Waals surface area contributed by atoms with E-state index in [1.54, 1.807) is 24.3 Å².